The molecular formula is C24H24N2O. The quantitative estimate of drug-likeness (QED) is 0.711. The van der Waals surface area contributed by atoms with E-state index < -0.39 is 0 Å². The van der Waals surface area contributed by atoms with E-state index in [-0.39, 0.29) is 11.3 Å². The molecule has 1 fully saturated rings. The summed E-state index contributed by atoms with van der Waals surface area (Å²) < 4.78 is 0. The zero-order valence-corrected chi connectivity index (χ0v) is 15.4. The van der Waals surface area contributed by atoms with Crippen LogP contribution in [-0.4, -0.2) is 30.4 Å². The lowest BCUT2D eigenvalue weighted by Crippen LogP contribution is -2.52. The molecule has 1 N–H and O–H groups in total. The molecule has 0 radical (unpaired) electrons. The molecule has 0 unspecified atom stereocenters. The number of rotatable bonds is 1. The maximum atomic E-state index is 13.6. The van der Waals surface area contributed by atoms with Gasteiger partial charge < -0.3 is 10.2 Å². The zero-order chi connectivity index (χ0) is 18.3. The van der Waals surface area contributed by atoms with Crippen molar-refractivity contribution in [1.82, 2.24) is 10.2 Å². The number of nitrogens with one attached hydrogen (secondary N) is 1. The molecule has 0 aliphatic carbocycles. The highest BCUT2D eigenvalue weighted by Gasteiger charge is 2.41. The van der Waals surface area contributed by atoms with Crippen molar-refractivity contribution in [1.29, 1.82) is 0 Å². The van der Waals surface area contributed by atoms with Gasteiger partial charge in [-0.2, -0.15) is 0 Å². The van der Waals surface area contributed by atoms with Gasteiger partial charge in [-0.1, -0.05) is 60.7 Å². The summed E-state index contributed by atoms with van der Waals surface area (Å²) in [5, 5.41) is 5.65. The average Bonchev–Trinajstić information content (AvgIpc) is 2.73. The Bertz CT molecular complexity index is 999. The van der Waals surface area contributed by atoms with Crippen LogP contribution in [-0.2, 0) is 12.0 Å². The summed E-state index contributed by atoms with van der Waals surface area (Å²) in [5.74, 6) is 0.152. The van der Waals surface area contributed by atoms with Crippen LogP contribution in [0.25, 0.3) is 10.8 Å². The summed E-state index contributed by atoms with van der Waals surface area (Å²) in [7, 11) is 0. The Morgan fingerprint density at radius 3 is 2.52 bits per heavy atom. The van der Waals surface area contributed by atoms with E-state index in [0.717, 1.165) is 48.8 Å². The Morgan fingerprint density at radius 2 is 1.63 bits per heavy atom. The number of piperidine rings is 1. The van der Waals surface area contributed by atoms with Crippen LogP contribution >= 0.6 is 0 Å². The maximum Gasteiger partial charge on any atom is 0.254 e. The van der Waals surface area contributed by atoms with Crippen LogP contribution in [0.5, 0.6) is 0 Å². The minimum atomic E-state index is 0.0837. The molecule has 5 rings (SSSR count). The Labute approximate surface area is 160 Å². The van der Waals surface area contributed by atoms with Gasteiger partial charge in [-0.25, -0.2) is 0 Å². The molecule has 2 aliphatic rings. The standard InChI is InChI=1S/C24H24N2O/c27-23(21-10-5-8-18-6-1-3-9-20(18)21)26-16-19-7-2-4-11-22(19)24(17-26)12-14-25-15-13-24/h1-11,25H,12-17H2. The van der Waals surface area contributed by atoms with Crippen molar-refractivity contribution in [2.75, 3.05) is 19.6 Å². The van der Waals surface area contributed by atoms with Crippen molar-refractivity contribution in [2.45, 2.75) is 24.8 Å². The van der Waals surface area contributed by atoms with Gasteiger partial charge in [0.2, 0.25) is 0 Å². The molecule has 3 nitrogen and oxygen atoms in total. The summed E-state index contributed by atoms with van der Waals surface area (Å²) in [6.07, 6.45) is 2.17. The minimum absolute atomic E-state index is 0.0837. The van der Waals surface area contributed by atoms with Gasteiger partial charge in [0.05, 0.1) is 0 Å². The van der Waals surface area contributed by atoms with Gasteiger partial charge in [-0.3, -0.25) is 4.79 Å². The maximum absolute atomic E-state index is 13.6. The van der Waals surface area contributed by atoms with E-state index >= 15 is 0 Å². The Morgan fingerprint density at radius 1 is 0.889 bits per heavy atom. The number of fused-ring (bicyclic) bond motifs is 3. The fraction of sp³-hybridized carbons (Fsp3) is 0.292. The topological polar surface area (TPSA) is 32.3 Å². The summed E-state index contributed by atoms with van der Waals surface area (Å²) in [6, 6.07) is 22.9. The van der Waals surface area contributed by atoms with Crippen LogP contribution in [0.2, 0.25) is 0 Å². The second-order valence-corrected chi connectivity index (χ2v) is 7.88. The van der Waals surface area contributed by atoms with Gasteiger partial charge in [0.25, 0.3) is 5.91 Å². The van der Waals surface area contributed by atoms with Gasteiger partial charge in [0, 0.05) is 24.1 Å². The van der Waals surface area contributed by atoms with E-state index in [4.69, 9.17) is 0 Å². The third-order valence-corrected chi connectivity index (χ3v) is 6.31. The molecule has 27 heavy (non-hydrogen) atoms. The lowest BCUT2D eigenvalue weighted by atomic mass is 9.69. The number of carbonyl (C=O) groups is 1. The fourth-order valence-electron chi connectivity index (χ4n) is 4.95. The number of benzene rings is 3. The highest BCUT2D eigenvalue weighted by molar-refractivity contribution is 6.07. The van der Waals surface area contributed by atoms with E-state index in [1.807, 2.05) is 24.3 Å². The molecule has 0 bridgehead atoms. The van der Waals surface area contributed by atoms with Gasteiger partial charge in [0.1, 0.15) is 0 Å². The number of amides is 1. The smallest absolute Gasteiger partial charge is 0.254 e. The molecule has 2 heterocycles. The summed E-state index contributed by atoms with van der Waals surface area (Å²) in [5.41, 5.74) is 3.66. The summed E-state index contributed by atoms with van der Waals surface area (Å²) in [6.45, 7) is 3.55. The van der Waals surface area contributed by atoms with Crippen LogP contribution in [0.4, 0.5) is 0 Å². The van der Waals surface area contributed by atoms with Crippen LogP contribution in [0, 0.1) is 0 Å². The van der Waals surface area contributed by atoms with Crippen molar-refractivity contribution in [3.05, 3.63) is 83.4 Å². The number of hydrogen-bond acceptors (Lipinski definition) is 2. The Hall–Kier alpha value is -2.65. The average molecular weight is 356 g/mol. The first-order chi connectivity index (χ1) is 13.3. The lowest BCUT2D eigenvalue weighted by molar-refractivity contribution is 0.0644. The van der Waals surface area contributed by atoms with Crippen LogP contribution in [0.15, 0.2) is 66.7 Å². The molecular weight excluding hydrogens is 332 g/mol. The number of hydrogen-bond donors (Lipinski definition) is 1. The minimum Gasteiger partial charge on any atom is -0.333 e. The number of nitrogens with zero attached hydrogens (tertiary/aromatic N) is 1. The van der Waals surface area contributed by atoms with Crippen LogP contribution in [0.1, 0.15) is 34.3 Å². The zero-order valence-electron chi connectivity index (χ0n) is 15.4. The second kappa shape index (κ2) is 6.50. The van der Waals surface area contributed by atoms with Crippen molar-refractivity contribution in [3.8, 4) is 0 Å². The SMILES string of the molecule is O=C(c1cccc2ccccc12)N1Cc2ccccc2C2(CCNCC2)C1. The molecule has 0 saturated carbocycles. The van der Waals surface area contributed by atoms with Crippen molar-refractivity contribution in [3.63, 3.8) is 0 Å². The summed E-state index contributed by atoms with van der Waals surface area (Å²) >= 11 is 0. The first-order valence-electron chi connectivity index (χ1n) is 9.83. The first kappa shape index (κ1) is 16.5. The predicted octanol–water partition coefficient (Wildman–Crippen LogP) is 4.12. The number of carbonyl (C=O) groups excluding carboxylic acids is 1. The molecule has 2 aliphatic heterocycles. The fourth-order valence-corrected chi connectivity index (χ4v) is 4.95. The van der Waals surface area contributed by atoms with E-state index in [0.29, 0.717) is 6.54 Å². The molecule has 136 valence electrons. The second-order valence-electron chi connectivity index (χ2n) is 7.88. The van der Waals surface area contributed by atoms with Gasteiger partial charge in [0.15, 0.2) is 0 Å². The van der Waals surface area contributed by atoms with Crippen molar-refractivity contribution in [2.24, 2.45) is 0 Å². The van der Waals surface area contributed by atoms with E-state index in [1.54, 1.807) is 0 Å². The van der Waals surface area contributed by atoms with Crippen LogP contribution in [0.3, 0.4) is 0 Å². The Kier molecular flexibility index (Phi) is 3.98. The molecule has 0 aromatic heterocycles. The van der Waals surface area contributed by atoms with Crippen molar-refractivity contribution < 1.29 is 4.79 Å². The van der Waals surface area contributed by atoms with E-state index in [9.17, 15) is 4.79 Å². The van der Waals surface area contributed by atoms with E-state index in [2.05, 4.69) is 52.7 Å². The molecule has 3 aromatic rings. The highest BCUT2D eigenvalue weighted by atomic mass is 16.2. The molecule has 1 saturated heterocycles. The normalized spacial score (nSPS) is 18.4. The third kappa shape index (κ3) is 2.74. The monoisotopic (exact) mass is 356 g/mol. The lowest BCUT2D eigenvalue weighted by Gasteiger charge is -2.46. The summed E-state index contributed by atoms with van der Waals surface area (Å²) in [4.78, 5) is 15.6. The van der Waals surface area contributed by atoms with E-state index in [1.165, 1.54) is 11.1 Å². The van der Waals surface area contributed by atoms with Crippen LogP contribution < -0.4 is 5.32 Å². The molecule has 1 spiro atoms. The molecule has 3 aromatic carbocycles. The third-order valence-electron chi connectivity index (χ3n) is 6.31. The predicted molar refractivity (Wildman–Crippen MR) is 109 cm³/mol. The van der Waals surface area contributed by atoms with Gasteiger partial charge in [-0.05, 0) is 53.9 Å². The van der Waals surface area contributed by atoms with Gasteiger partial charge >= 0.3 is 0 Å². The molecule has 3 heteroatoms. The molecule has 1 amide bonds. The largest absolute Gasteiger partial charge is 0.333 e. The van der Waals surface area contributed by atoms with Gasteiger partial charge in [-0.15, -0.1) is 0 Å². The molecule has 0 atom stereocenters. The van der Waals surface area contributed by atoms with Crippen molar-refractivity contribution >= 4 is 16.7 Å². The highest BCUT2D eigenvalue weighted by Crippen LogP contribution is 2.41. The first-order valence-corrected chi connectivity index (χ1v) is 9.83. The Balaban J connectivity index is 1.57.